The van der Waals surface area contributed by atoms with Gasteiger partial charge in [-0.2, -0.15) is 13.2 Å². The number of ether oxygens (including phenoxy) is 2. The fourth-order valence-electron chi connectivity index (χ4n) is 4.21. The molecule has 0 radical (unpaired) electrons. The second-order valence-corrected chi connectivity index (χ2v) is 10.3. The lowest BCUT2D eigenvalue weighted by Gasteiger charge is -2.31. The molecule has 1 aliphatic heterocycles. The van der Waals surface area contributed by atoms with Crippen molar-refractivity contribution in [2.24, 2.45) is 0 Å². The van der Waals surface area contributed by atoms with E-state index in [1.165, 1.54) is 11.8 Å². The number of halogens is 5. The maximum absolute atomic E-state index is 14.3. The van der Waals surface area contributed by atoms with Gasteiger partial charge in [0.05, 0.1) is 24.4 Å². The van der Waals surface area contributed by atoms with E-state index in [4.69, 9.17) is 9.47 Å². The number of alkyl carbamates (subject to hydrolysis) is 1. The number of nitrogens with zero attached hydrogens (tertiary/aromatic N) is 2. The predicted molar refractivity (Wildman–Crippen MR) is 132 cm³/mol. The highest BCUT2D eigenvalue weighted by atomic mass is 19.4. The second-order valence-electron chi connectivity index (χ2n) is 10.3. The van der Waals surface area contributed by atoms with Gasteiger partial charge in [-0.1, -0.05) is 0 Å². The van der Waals surface area contributed by atoms with Crippen LogP contribution >= 0.6 is 0 Å². The summed E-state index contributed by atoms with van der Waals surface area (Å²) in [6.07, 6.45) is -6.34. The summed E-state index contributed by atoms with van der Waals surface area (Å²) < 4.78 is 79.1. The van der Waals surface area contributed by atoms with Crippen LogP contribution in [0.15, 0.2) is 24.3 Å². The molecule has 2 aromatic rings. The molecule has 13 heteroatoms. The lowest BCUT2D eigenvalue weighted by molar-refractivity contribution is -0.142. The number of hydrogen-bond acceptors (Lipinski definition) is 6. The maximum atomic E-state index is 14.3. The van der Waals surface area contributed by atoms with Gasteiger partial charge in [0.15, 0.2) is 5.69 Å². The Kier molecular flexibility index (Phi) is 9.36. The van der Waals surface area contributed by atoms with Gasteiger partial charge >= 0.3 is 18.2 Å². The van der Waals surface area contributed by atoms with Gasteiger partial charge in [-0.15, -0.1) is 0 Å². The molecule has 0 saturated carbocycles. The van der Waals surface area contributed by atoms with Gasteiger partial charge in [0.2, 0.25) is 5.91 Å². The minimum absolute atomic E-state index is 0.0344. The Hall–Kier alpha value is -3.77. The Morgan fingerprint density at radius 3 is 2.45 bits per heavy atom. The van der Waals surface area contributed by atoms with Gasteiger partial charge < -0.3 is 19.7 Å². The molecule has 218 valence electrons. The first kappa shape index (κ1) is 30.8. The smallest absolute Gasteiger partial charge is 0.434 e. The summed E-state index contributed by atoms with van der Waals surface area (Å²) in [5.74, 6) is -3.16. The summed E-state index contributed by atoms with van der Waals surface area (Å²) in [6, 6.07) is 2.87. The van der Waals surface area contributed by atoms with Crippen molar-refractivity contribution in [3.8, 4) is 0 Å². The molecule has 1 atom stereocenters. The molecule has 3 rings (SSSR count). The molecule has 1 aliphatic rings. The number of alkyl halides is 3. The number of esters is 1. The first-order valence-electron chi connectivity index (χ1n) is 12.6. The number of aromatic nitrogens is 1. The third kappa shape index (κ3) is 8.12. The Morgan fingerprint density at radius 1 is 1.12 bits per heavy atom. The normalized spacial score (nSPS) is 14.3. The van der Waals surface area contributed by atoms with Crippen LogP contribution < -0.4 is 5.32 Å². The van der Waals surface area contributed by atoms with E-state index >= 15 is 0 Å². The first-order valence-corrected chi connectivity index (χ1v) is 12.6. The highest BCUT2D eigenvalue weighted by Gasteiger charge is 2.39. The standard InChI is InChI=1S/C27H30F5N3O5/c1-5-39-24(37)19-12-15-8-9-35(14-21(15)34-23(19)27(30,31)32)22(36)13-18(33-25(38)40-26(2,3)4)11-16-10-17(28)6-7-20(16)29/h6-7,10,12,18H,5,8-9,11,13-14H2,1-4H3,(H,33,38). The fraction of sp³-hybridized carbons (Fsp3) is 0.481. The Balaban J connectivity index is 1.83. The van der Waals surface area contributed by atoms with Gasteiger partial charge in [-0.25, -0.2) is 23.4 Å². The van der Waals surface area contributed by atoms with Crippen molar-refractivity contribution in [3.63, 3.8) is 0 Å². The molecule has 8 nitrogen and oxygen atoms in total. The number of carbonyl (C=O) groups excluding carboxylic acids is 3. The van der Waals surface area contributed by atoms with E-state index in [0.717, 1.165) is 24.3 Å². The van der Waals surface area contributed by atoms with Crippen LogP contribution in [0.1, 0.15) is 67.0 Å². The van der Waals surface area contributed by atoms with Crippen molar-refractivity contribution in [3.05, 3.63) is 64.0 Å². The van der Waals surface area contributed by atoms with Gasteiger partial charge in [-0.05, 0) is 75.9 Å². The average Bonchev–Trinajstić information content (AvgIpc) is 2.83. The minimum atomic E-state index is -4.94. The highest BCUT2D eigenvalue weighted by Crippen LogP contribution is 2.33. The van der Waals surface area contributed by atoms with E-state index in [0.29, 0.717) is 5.56 Å². The van der Waals surface area contributed by atoms with E-state index in [9.17, 15) is 36.3 Å². The quantitative estimate of drug-likeness (QED) is 0.373. The number of fused-ring (bicyclic) bond motifs is 1. The minimum Gasteiger partial charge on any atom is -0.462 e. The van der Waals surface area contributed by atoms with Crippen LogP contribution in [-0.2, 0) is 39.8 Å². The van der Waals surface area contributed by atoms with Crippen LogP contribution in [0, 0.1) is 11.6 Å². The van der Waals surface area contributed by atoms with Crippen LogP contribution in [-0.4, -0.2) is 52.6 Å². The highest BCUT2D eigenvalue weighted by molar-refractivity contribution is 5.91. The summed E-state index contributed by atoms with van der Waals surface area (Å²) >= 11 is 0. The number of rotatable bonds is 7. The fourth-order valence-corrected chi connectivity index (χ4v) is 4.21. The van der Waals surface area contributed by atoms with Crippen molar-refractivity contribution in [2.45, 2.75) is 71.3 Å². The molecule has 0 bridgehead atoms. The Labute approximate surface area is 227 Å². The van der Waals surface area contributed by atoms with Gasteiger partial charge in [-0.3, -0.25) is 4.79 Å². The zero-order valence-electron chi connectivity index (χ0n) is 22.5. The van der Waals surface area contributed by atoms with E-state index < -0.39 is 58.7 Å². The summed E-state index contributed by atoms with van der Waals surface area (Å²) in [6.45, 7) is 6.03. The van der Waals surface area contributed by atoms with Crippen molar-refractivity contribution >= 4 is 18.0 Å². The van der Waals surface area contributed by atoms with Crippen molar-refractivity contribution < 1.29 is 45.8 Å². The zero-order chi connectivity index (χ0) is 29.8. The topological polar surface area (TPSA) is 97.8 Å². The molecular formula is C27H30F5N3O5. The van der Waals surface area contributed by atoms with Crippen molar-refractivity contribution in [1.82, 2.24) is 15.2 Å². The van der Waals surface area contributed by atoms with Gasteiger partial charge in [0.25, 0.3) is 0 Å². The number of hydrogen-bond donors (Lipinski definition) is 1. The van der Waals surface area contributed by atoms with Crippen molar-refractivity contribution in [2.75, 3.05) is 13.2 Å². The zero-order valence-corrected chi connectivity index (χ0v) is 22.5. The van der Waals surface area contributed by atoms with Gasteiger partial charge in [0, 0.05) is 19.0 Å². The van der Waals surface area contributed by atoms with E-state index in [1.807, 2.05) is 0 Å². The number of benzene rings is 1. The van der Waals surface area contributed by atoms with Crippen LogP contribution in [0.4, 0.5) is 26.7 Å². The largest absolute Gasteiger partial charge is 0.462 e. The third-order valence-electron chi connectivity index (χ3n) is 5.92. The molecule has 40 heavy (non-hydrogen) atoms. The molecule has 0 spiro atoms. The lowest BCUT2D eigenvalue weighted by atomic mass is 9.98. The Morgan fingerprint density at radius 2 is 1.82 bits per heavy atom. The molecule has 0 aliphatic carbocycles. The van der Waals surface area contributed by atoms with Crippen molar-refractivity contribution in [1.29, 1.82) is 0 Å². The average molecular weight is 572 g/mol. The molecule has 1 aromatic heterocycles. The maximum Gasteiger partial charge on any atom is 0.434 e. The number of carbonyl (C=O) groups is 3. The Bertz CT molecular complexity index is 1280. The molecule has 1 N–H and O–H groups in total. The number of nitrogens with one attached hydrogen (secondary N) is 1. The lowest BCUT2D eigenvalue weighted by Crippen LogP contribution is -2.45. The SMILES string of the molecule is CCOC(=O)c1cc2c(nc1C(F)(F)F)CN(C(=O)CC(Cc1cc(F)ccc1F)NC(=O)OC(C)(C)C)CC2. The first-order chi connectivity index (χ1) is 18.6. The molecule has 0 saturated heterocycles. The molecule has 0 fully saturated rings. The number of amides is 2. The molecule has 2 heterocycles. The number of pyridine rings is 1. The van der Waals surface area contributed by atoms with Crippen LogP contribution in [0.25, 0.3) is 0 Å². The van der Waals surface area contributed by atoms with Crippen LogP contribution in [0.5, 0.6) is 0 Å². The van der Waals surface area contributed by atoms with Gasteiger partial charge in [0.1, 0.15) is 17.2 Å². The molecule has 2 amide bonds. The second kappa shape index (κ2) is 12.2. The monoisotopic (exact) mass is 571 g/mol. The van der Waals surface area contributed by atoms with Crippen LogP contribution in [0.3, 0.4) is 0 Å². The molecule has 1 unspecified atom stereocenters. The molecular weight excluding hydrogens is 541 g/mol. The van der Waals surface area contributed by atoms with E-state index in [1.54, 1.807) is 20.8 Å². The summed E-state index contributed by atoms with van der Waals surface area (Å²) in [7, 11) is 0. The summed E-state index contributed by atoms with van der Waals surface area (Å²) in [4.78, 5) is 42.7. The summed E-state index contributed by atoms with van der Waals surface area (Å²) in [5, 5.41) is 2.51. The van der Waals surface area contributed by atoms with E-state index in [-0.39, 0.29) is 50.2 Å². The summed E-state index contributed by atoms with van der Waals surface area (Å²) in [5.41, 5.74) is -2.74. The predicted octanol–water partition coefficient (Wildman–Crippen LogP) is 4.97. The third-order valence-corrected chi connectivity index (χ3v) is 5.92. The van der Waals surface area contributed by atoms with Crippen LogP contribution in [0.2, 0.25) is 0 Å². The molecule has 1 aromatic carbocycles. The van der Waals surface area contributed by atoms with E-state index in [2.05, 4.69) is 10.3 Å².